The van der Waals surface area contributed by atoms with Crippen molar-refractivity contribution in [3.05, 3.63) is 29.7 Å². The molecule has 0 radical (unpaired) electrons. The predicted molar refractivity (Wildman–Crippen MR) is 61.7 cm³/mol. The summed E-state index contributed by atoms with van der Waals surface area (Å²) in [6.07, 6.45) is 0. The number of ether oxygens (including phenoxy) is 2. The number of carbonyl (C=O) groups is 1. The molecular weight excluding hydrogens is 255 g/mol. The van der Waals surface area contributed by atoms with Crippen molar-refractivity contribution in [2.45, 2.75) is 0 Å². The highest BCUT2D eigenvalue weighted by Gasteiger charge is 2.25. The van der Waals surface area contributed by atoms with Gasteiger partial charge in [0.25, 0.3) is 0 Å². The van der Waals surface area contributed by atoms with Gasteiger partial charge >= 0.3 is 5.97 Å². The fraction of sp³-hybridized carbons (Fsp3) is 0.167. The summed E-state index contributed by atoms with van der Waals surface area (Å²) < 4.78 is 25.2. The molecule has 6 nitrogen and oxygen atoms in total. The third-order valence-electron chi connectivity index (χ3n) is 2.85. The first-order chi connectivity index (χ1) is 9.08. The van der Waals surface area contributed by atoms with Crippen molar-refractivity contribution in [1.82, 2.24) is 9.78 Å². The molecule has 98 valence electrons. The molecule has 0 atom stereocenters. The molecule has 0 fully saturated rings. The SMILES string of the molecule is Cn1nc(C(=O)O)cc1-c1ccc(F)c2c1OCO2. The van der Waals surface area contributed by atoms with Crippen molar-refractivity contribution >= 4 is 5.97 Å². The molecule has 1 aromatic heterocycles. The van der Waals surface area contributed by atoms with Crippen LogP contribution >= 0.6 is 0 Å². The van der Waals surface area contributed by atoms with Crippen LogP contribution in [-0.4, -0.2) is 27.6 Å². The van der Waals surface area contributed by atoms with E-state index in [9.17, 15) is 9.18 Å². The number of fused-ring (bicyclic) bond motifs is 1. The number of halogens is 1. The van der Waals surface area contributed by atoms with Crippen LogP contribution in [0.2, 0.25) is 0 Å². The molecule has 1 aliphatic rings. The average molecular weight is 264 g/mol. The fourth-order valence-electron chi connectivity index (χ4n) is 1.99. The van der Waals surface area contributed by atoms with E-state index < -0.39 is 11.8 Å². The number of aromatic nitrogens is 2. The van der Waals surface area contributed by atoms with Crippen LogP contribution in [-0.2, 0) is 7.05 Å². The molecule has 0 amide bonds. The molecule has 0 unspecified atom stereocenters. The first-order valence-electron chi connectivity index (χ1n) is 5.43. The molecule has 1 aliphatic heterocycles. The van der Waals surface area contributed by atoms with E-state index in [1.165, 1.54) is 22.9 Å². The van der Waals surface area contributed by atoms with Crippen LogP contribution in [0.15, 0.2) is 18.2 Å². The van der Waals surface area contributed by atoms with Crippen molar-refractivity contribution in [1.29, 1.82) is 0 Å². The Hall–Kier alpha value is -2.57. The molecule has 3 rings (SSSR count). The molecule has 0 saturated carbocycles. The Bertz CT molecular complexity index is 681. The summed E-state index contributed by atoms with van der Waals surface area (Å²) in [5.41, 5.74) is 0.963. The Labute approximate surface area is 107 Å². The van der Waals surface area contributed by atoms with Crippen LogP contribution in [0.5, 0.6) is 11.5 Å². The van der Waals surface area contributed by atoms with E-state index in [-0.39, 0.29) is 24.0 Å². The van der Waals surface area contributed by atoms with Gasteiger partial charge in [0.1, 0.15) is 0 Å². The Morgan fingerprint density at radius 2 is 2.16 bits per heavy atom. The number of hydrogen-bond donors (Lipinski definition) is 1. The lowest BCUT2D eigenvalue weighted by Gasteiger charge is -2.06. The number of aryl methyl sites for hydroxylation is 1. The summed E-state index contributed by atoms with van der Waals surface area (Å²) in [6.45, 7) is -0.0626. The molecule has 0 saturated heterocycles. The highest BCUT2D eigenvalue weighted by Crippen LogP contribution is 2.42. The van der Waals surface area contributed by atoms with Gasteiger partial charge in [-0.3, -0.25) is 4.68 Å². The largest absolute Gasteiger partial charge is 0.476 e. The molecule has 7 heteroatoms. The van der Waals surface area contributed by atoms with Crippen LogP contribution in [0.3, 0.4) is 0 Å². The van der Waals surface area contributed by atoms with Crippen LogP contribution in [0.4, 0.5) is 4.39 Å². The Morgan fingerprint density at radius 1 is 1.42 bits per heavy atom. The first kappa shape index (κ1) is 11.5. The second-order valence-corrected chi connectivity index (χ2v) is 4.00. The number of rotatable bonds is 2. The minimum Gasteiger partial charge on any atom is -0.476 e. The second-order valence-electron chi connectivity index (χ2n) is 4.00. The third kappa shape index (κ3) is 1.70. The summed E-state index contributed by atoms with van der Waals surface area (Å²) in [4.78, 5) is 10.9. The van der Waals surface area contributed by atoms with Crippen molar-refractivity contribution in [3.8, 4) is 22.8 Å². The van der Waals surface area contributed by atoms with Gasteiger partial charge in [-0.15, -0.1) is 0 Å². The summed E-state index contributed by atoms with van der Waals surface area (Å²) >= 11 is 0. The number of hydrogen-bond acceptors (Lipinski definition) is 4. The molecule has 1 aromatic carbocycles. The minimum absolute atomic E-state index is 0.0376. The average Bonchev–Trinajstić information content (AvgIpc) is 2.97. The van der Waals surface area contributed by atoms with E-state index in [1.807, 2.05) is 0 Å². The first-order valence-corrected chi connectivity index (χ1v) is 5.43. The summed E-state index contributed by atoms with van der Waals surface area (Å²) in [6, 6.07) is 4.15. The van der Waals surface area contributed by atoms with Gasteiger partial charge in [0.15, 0.2) is 17.3 Å². The normalized spacial score (nSPS) is 12.7. The highest BCUT2D eigenvalue weighted by molar-refractivity contribution is 5.87. The lowest BCUT2D eigenvalue weighted by Crippen LogP contribution is -1.99. The van der Waals surface area contributed by atoms with Crippen molar-refractivity contribution in [2.24, 2.45) is 7.05 Å². The molecule has 0 spiro atoms. The predicted octanol–water partition coefficient (Wildman–Crippen LogP) is 1.65. The van der Waals surface area contributed by atoms with Crippen LogP contribution < -0.4 is 9.47 Å². The highest BCUT2D eigenvalue weighted by atomic mass is 19.1. The second kappa shape index (κ2) is 3.98. The zero-order valence-corrected chi connectivity index (χ0v) is 9.88. The van der Waals surface area contributed by atoms with E-state index >= 15 is 0 Å². The number of aromatic carboxylic acids is 1. The van der Waals surface area contributed by atoms with Gasteiger partial charge in [0.2, 0.25) is 12.5 Å². The van der Waals surface area contributed by atoms with Crippen molar-refractivity contribution in [2.75, 3.05) is 6.79 Å². The van der Waals surface area contributed by atoms with Gasteiger partial charge in [-0.05, 0) is 18.2 Å². The van der Waals surface area contributed by atoms with E-state index in [0.29, 0.717) is 11.3 Å². The van der Waals surface area contributed by atoms with Crippen molar-refractivity contribution < 1.29 is 23.8 Å². The van der Waals surface area contributed by atoms with E-state index in [2.05, 4.69) is 5.10 Å². The number of nitrogens with zero attached hydrogens (tertiary/aromatic N) is 2. The maximum absolute atomic E-state index is 13.5. The maximum Gasteiger partial charge on any atom is 0.356 e. The smallest absolute Gasteiger partial charge is 0.356 e. The molecule has 2 aromatic rings. The third-order valence-corrected chi connectivity index (χ3v) is 2.85. The number of carboxylic acid groups (broad SMARTS) is 1. The number of carboxylic acids is 1. The van der Waals surface area contributed by atoms with Crippen LogP contribution in [0.25, 0.3) is 11.3 Å². The Balaban J connectivity index is 2.18. The van der Waals surface area contributed by atoms with Gasteiger partial charge in [-0.1, -0.05) is 0 Å². The van der Waals surface area contributed by atoms with E-state index in [4.69, 9.17) is 14.6 Å². The Kier molecular flexibility index (Phi) is 2.41. The van der Waals surface area contributed by atoms with Crippen molar-refractivity contribution in [3.63, 3.8) is 0 Å². The van der Waals surface area contributed by atoms with E-state index in [1.54, 1.807) is 7.05 Å². The zero-order chi connectivity index (χ0) is 13.6. The standard InChI is InChI=1S/C12H9FN2O4/c1-15-9(4-8(14-15)12(16)17)6-2-3-7(13)11-10(6)18-5-19-11/h2-4H,5H2,1H3,(H,16,17). The molecule has 2 heterocycles. The lowest BCUT2D eigenvalue weighted by molar-refractivity contribution is 0.0689. The van der Waals surface area contributed by atoms with Gasteiger partial charge in [0.05, 0.1) is 5.69 Å². The zero-order valence-electron chi connectivity index (χ0n) is 9.88. The minimum atomic E-state index is -1.13. The topological polar surface area (TPSA) is 73.6 Å². The van der Waals surface area contributed by atoms with Crippen LogP contribution in [0, 0.1) is 5.82 Å². The van der Waals surface area contributed by atoms with Gasteiger partial charge in [0, 0.05) is 12.6 Å². The van der Waals surface area contributed by atoms with Gasteiger partial charge < -0.3 is 14.6 Å². The van der Waals surface area contributed by atoms with Gasteiger partial charge in [-0.2, -0.15) is 5.10 Å². The fourth-order valence-corrected chi connectivity index (χ4v) is 1.99. The summed E-state index contributed by atoms with van der Waals surface area (Å²) in [5, 5.41) is 12.8. The lowest BCUT2D eigenvalue weighted by atomic mass is 10.1. The van der Waals surface area contributed by atoms with Gasteiger partial charge in [-0.25, -0.2) is 9.18 Å². The molecule has 0 bridgehead atoms. The van der Waals surface area contributed by atoms with Crippen LogP contribution in [0.1, 0.15) is 10.5 Å². The van der Waals surface area contributed by atoms with E-state index in [0.717, 1.165) is 0 Å². The monoisotopic (exact) mass is 264 g/mol. The molecular formula is C12H9FN2O4. The summed E-state index contributed by atoms with van der Waals surface area (Å²) in [5.74, 6) is -1.34. The summed E-state index contributed by atoms with van der Waals surface area (Å²) in [7, 11) is 1.60. The molecule has 19 heavy (non-hydrogen) atoms. The molecule has 0 aliphatic carbocycles. The number of benzene rings is 1. The quantitative estimate of drug-likeness (QED) is 0.892. The maximum atomic E-state index is 13.5. The molecule has 1 N–H and O–H groups in total. The Morgan fingerprint density at radius 3 is 2.84 bits per heavy atom.